The Morgan fingerprint density at radius 2 is 1.77 bits per heavy atom. The quantitative estimate of drug-likeness (QED) is 0.445. The molecule has 8 heteroatoms. The van der Waals surface area contributed by atoms with Gasteiger partial charge in [0.1, 0.15) is 12.3 Å². The number of benzene rings is 2. The predicted molar refractivity (Wildman–Crippen MR) is 94.3 cm³/mol. The topological polar surface area (TPSA) is 99.0 Å². The van der Waals surface area contributed by atoms with E-state index in [9.17, 15) is 19.7 Å². The summed E-state index contributed by atoms with van der Waals surface area (Å²) < 4.78 is 9.83. The molecule has 0 bridgehead atoms. The van der Waals surface area contributed by atoms with Crippen molar-refractivity contribution in [3.8, 4) is 0 Å². The molecule has 0 aliphatic carbocycles. The van der Waals surface area contributed by atoms with Crippen LogP contribution < -0.4 is 4.90 Å². The fraction of sp³-hybridized carbons (Fsp3) is 0.222. The second-order valence-corrected chi connectivity index (χ2v) is 5.62. The molecule has 2 rings (SSSR count). The first-order valence-corrected chi connectivity index (χ1v) is 7.63. The third-order valence-electron chi connectivity index (χ3n) is 3.61. The van der Waals surface area contributed by atoms with E-state index in [1.165, 1.54) is 25.3 Å². The maximum Gasteiger partial charge on any atom is 0.338 e. The zero-order chi connectivity index (χ0) is 19.3. The van der Waals surface area contributed by atoms with Crippen LogP contribution in [0.5, 0.6) is 0 Å². The zero-order valence-corrected chi connectivity index (χ0v) is 14.6. The van der Waals surface area contributed by atoms with E-state index in [4.69, 9.17) is 4.74 Å². The molecule has 0 saturated carbocycles. The maximum absolute atomic E-state index is 12.2. The van der Waals surface area contributed by atoms with Gasteiger partial charge in [0.25, 0.3) is 5.69 Å². The molecule has 2 aromatic carbocycles. The monoisotopic (exact) mass is 358 g/mol. The minimum absolute atomic E-state index is 0.0754. The van der Waals surface area contributed by atoms with Crippen molar-refractivity contribution in [1.29, 1.82) is 0 Å². The average molecular weight is 358 g/mol. The van der Waals surface area contributed by atoms with Gasteiger partial charge in [-0.1, -0.05) is 12.1 Å². The van der Waals surface area contributed by atoms with Crippen LogP contribution in [0, 0.1) is 10.1 Å². The number of anilines is 1. The normalized spacial score (nSPS) is 10.1. The lowest BCUT2D eigenvalue weighted by Crippen LogP contribution is -2.12. The number of rotatable bonds is 6. The zero-order valence-electron chi connectivity index (χ0n) is 14.6. The van der Waals surface area contributed by atoms with Crippen molar-refractivity contribution in [3.05, 3.63) is 69.3 Å². The van der Waals surface area contributed by atoms with Crippen molar-refractivity contribution in [3.63, 3.8) is 0 Å². The van der Waals surface area contributed by atoms with Gasteiger partial charge in [-0.3, -0.25) is 10.1 Å². The number of methoxy groups -OCH3 is 1. The molecule has 0 amide bonds. The molecule has 0 heterocycles. The SMILES string of the molecule is COC(=O)c1cccc(COC(=O)c2ccc(N(C)C)c([N+](=O)[O-])c2)c1. The first-order chi connectivity index (χ1) is 12.3. The maximum atomic E-state index is 12.2. The Labute approximate surface area is 150 Å². The molecule has 8 nitrogen and oxygen atoms in total. The first-order valence-electron chi connectivity index (χ1n) is 7.63. The van der Waals surface area contributed by atoms with Crippen molar-refractivity contribution in [1.82, 2.24) is 0 Å². The van der Waals surface area contributed by atoms with Crippen molar-refractivity contribution in [2.75, 3.05) is 26.1 Å². The molecule has 0 aromatic heterocycles. The van der Waals surface area contributed by atoms with Gasteiger partial charge >= 0.3 is 11.9 Å². The highest BCUT2D eigenvalue weighted by molar-refractivity contribution is 5.91. The molecule has 0 spiro atoms. The summed E-state index contributed by atoms with van der Waals surface area (Å²) in [4.78, 5) is 35.9. The molecule has 0 fully saturated rings. The highest BCUT2D eigenvalue weighted by Crippen LogP contribution is 2.28. The Kier molecular flexibility index (Phi) is 5.90. The van der Waals surface area contributed by atoms with Gasteiger partial charge in [-0.25, -0.2) is 9.59 Å². The summed E-state index contributed by atoms with van der Waals surface area (Å²) in [5.41, 5.74) is 1.22. The molecule has 0 unspecified atom stereocenters. The average Bonchev–Trinajstić information content (AvgIpc) is 2.64. The molecule has 0 saturated heterocycles. The highest BCUT2D eigenvalue weighted by atomic mass is 16.6. The van der Waals surface area contributed by atoms with Crippen LogP contribution >= 0.6 is 0 Å². The second kappa shape index (κ2) is 8.11. The number of nitrogens with zero attached hydrogens (tertiary/aromatic N) is 2. The molecule has 0 atom stereocenters. The van der Waals surface area contributed by atoms with E-state index < -0.39 is 16.9 Å². The number of nitro groups is 1. The van der Waals surface area contributed by atoms with Gasteiger partial charge in [-0.2, -0.15) is 0 Å². The van der Waals surface area contributed by atoms with Crippen LogP contribution in [-0.2, 0) is 16.1 Å². The molecule has 2 aromatic rings. The van der Waals surface area contributed by atoms with E-state index in [0.717, 1.165) is 0 Å². The Morgan fingerprint density at radius 1 is 1.08 bits per heavy atom. The number of esters is 2. The lowest BCUT2D eigenvalue weighted by atomic mass is 10.1. The fourth-order valence-corrected chi connectivity index (χ4v) is 2.31. The van der Waals surface area contributed by atoms with E-state index in [2.05, 4.69) is 4.74 Å². The predicted octanol–water partition coefficient (Wildman–Crippen LogP) is 2.80. The number of ether oxygens (including phenoxy) is 2. The molecular formula is C18H18N2O6. The molecule has 26 heavy (non-hydrogen) atoms. The minimum atomic E-state index is -0.693. The molecule has 0 aliphatic rings. The van der Waals surface area contributed by atoms with Crippen LogP contribution in [0.2, 0.25) is 0 Å². The van der Waals surface area contributed by atoms with Gasteiger partial charge in [-0.05, 0) is 29.8 Å². The van der Waals surface area contributed by atoms with Gasteiger partial charge in [0.2, 0.25) is 0 Å². The van der Waals surface area contributed by atoms with Crippen molar-refractivity contribution < 1.29 is 24.0 Å². The molecule has 0 N–H and O–H groups in total. The van der Waals surface area contributed by atoms with Gasteiger partial charge in [0.15, 0.2) is 0 Å². The van der Waals surface area contributed by atoms with Gasteiger partial charge in [0.05, 0.1) is 23.2 Å². The van der Waals surface area contributed by atoms with Gasteiger partial charge < -0.3 is 14.4 Å². The molecule has 136 valence electrons. The van der Waals surface area contributed by atoms with E-state index in [0.29, 0.717) is 16.8 Å². The van der Waals surface area contributed by atoms with Crippen LogP contribution in [0.15, 0.2) is 42.5 Å². The van der Waals surface area contributed by atoms with E-state index in [1.54, 1.807) is 43.3 Å². The lowest BCUT2D eigenvalue weighted by Gasteiger charge is -2.13. The Hall–Kier alpha value is -3.42. The number of carbonyl (C=O) groups excluding carboxylic acids is 2. The molecule has 0 aliphatic heterocycles. The van der Waals surface area contributed by atoms with Crippen molar-refractivity contribution in [2.45, 2.75) is 6.61 Å². The van der Waals surface area contributed by atoms with Crippen LogP contribution in [0.4, 0.5) is 11.4 Å². The van der Waals surface area contributed by atoms with Crippen LogP contribution in [-0.4, -0.2) is 38.1 Å². The highest BCUT2D eigenvalue weighted by Gasteiger charge is 2.19. The third kappa shape index (κ3) is 4.35. The summed E-state index contributed by atoms with van der Waals surface area (Å²) in [6.45, 7) is -0.0765. The molecular weight excluding hydrogens is 340 g/mol. The molecule has 0 radical (unpaired) electrons. The minimum Gasteiger partial charge on any atom is -0.465 e. The van der Waals surface area contributed by atoms with Crippen LogP contribution in [0.3, 0.4) is 0 Å². The number of hydrogen-bond acceptors (Lipinski definition) is 7. The summed E-state index contributed by atoms with van der Waals surface area (Å²) in [7, 11) is 4.63. The number of nitro benzene ring substituents is 1. The second-order valence-electron chi connectivity index (χ2n) is 5.62. The van der Waals surface area contributed by atoms with Gasteiger partial charge in [0, 0.05) is 20.2 Å². The Bertz CT molecular complexity index is 847. The standard InChI is InChI=1S/C18H18N2O6/c1-19(2)15-8-7-14(10-16(15)20(23)24)18(22)26-11-12-5-4-6-13(9-12)17(21)25-3/h4-10H,11H2,1-3H3. The summed E-state index contributed by atoms with van der Waals surface area (Å²) in [5, 5.41) is 11.2. The van der Waals surface area contributed by atoms with Crippen molar-refractivity contribution >= 4 is 23.3 Å². The van der Waals surface area contributed by atoms with Crippen LogP contribution in [0.1, 0.15) is 26.3 Å². The Balaban J connectivity index is 2.14. The summed E-state index contributed by atoms with van der Waals surface area (Å²) in [5.74, 6) is -1.19. The smallest absolute Gasteiger partial charge is 0.338 e. The van der Waals surface area contributed by atoms with Crippen LogP contribution in [0.25, 0.3) is 0 Å². The van der Waals surface area contributed by atoms with Gasteiger partial charge in [-0.15, -0.1) is 0 Å². The number of hydrogen-bond donors (Lipinski definition) is 0. The fourth-order valence-electron chi connectivity index (χ4n) is 2.31. The first kappa shape index (κ1) is 18.9. The summed E-state index contributed by atoms with van der Waals surface area (Å²) in [6, 6.07) is 10.6. The van der Waals surface area contributed by atoms with E-state index in [-0.39, 0.29) is 17.9 Å². The Morgan fingerprint density at radius 3 is 2.38 bits per heavy atom. The largest absolute Gasteiger partial charge is 0.465 e. The number of carbonyl (C=O) groups is 2. The van der Waals surface area contributed by atoms with Crippen molar-refractivity contribution in [2.24, 2.45) is 0 Å². The third-order valence-corrected chi connectivity index (χ3v) is 3.61. The lowest BCUT2D eigenvalue weighted by molar-refractivity contribution is -0.384. The van der Waals surface area contributed by atoms with E-state index in [1.807, 2.05) is 0 Å². The summed E-state index contributed by atoms with van der Waals surface area (Å²) in [6.07, 6.45) is 0. The summed E-state index contributed by atoms with van der Waals surface area (Å²) >= 11 is 0. The van der Waals surface area contributed by atoms with E-state index >= 15 is 0 Å².